The van der Waals surface area contributed by atoms with E-state index >= 15 is 0 Å². The van der Waals surface area contributed by atoms with Gasteiger partial charge in [-0.25, -0.2) is 24.4 Å². The van der Waals surface area contributed by atoms with Crippen LogP contribution in [0.25, 0.3) is 33.1 Å². The Balaban J connectivity index is 0.701. The van der Waals surface area contributed by atoms with Crippen LogP contribution in [-0.4, -0.2) is 121 Å². The first-order valence-electron chi connectivity index (χ1n) is 24.5. The summed E-state index contributed by atoms with van der Waals surface area (Å²) in [5, 5.41) is 20.0. The van der Waals surface area contributed by atoms with Crippen molar-refractivity contribution >= 4 is 63.0 Å². The van der Waals surface area contributed by atoms with Gasteiger partial charge in [-0.3, -0.25) is 9.36 Å². The van der Waals surface area contributed by atoms with Gasteiger partial charge >= 0.3 is 18.1 Å². The van der Waals surface area contributed by atoms with Gasteiger partial charge in [0.15, 0.2) is 41.4 Å². The molecule has 1 fully saturated rings. The molecule has 20 nitrogen and oxygen atoms in total. The molecule has 0 radical (unpaired) electrons. The van der Waals surface area contributed by atoms with Crippen LogP contribution in [0.3, 0.4) is 0 Å². The molecule has 382 valence electrons. The van der Waals surface area contributed by atoms with E-state index in [0.29, 0.717) is 58.4 Å². The third-order valence-electron chi connectivity index (χ3n) is 14.1. The topological polar surface area (TPSA) is 210 Å². The number of anilines is 1. The molecule has 75 heavy (non-hydrogen) atoms. The molecular weight excluding hydrogens is 959 g/mol. The number of amides is 3. The standard InChI is InChI=1S/C55H54N11O9/c1-34-17-21-65(49(67)16-20-56)30-45(34)63(4)51-41-19-23-66(52(41)58-32-57-51)54(69)61(2)24-25-62(3)55(70)72-31-35-6-11-39(12-7-35)59-60-40-13-8-36(9-14-40)53(68)75-50-43-29-64-22-18-38-27-47-48(74-33-73-47)28-42(38)44(64)26-37(43)10-15-46(50)71-5/h6-15,19,23,26-29,32,34,45H,16-18,21-22,24-25,30-31,33H2,1-5H3/q+1/t34-,45+/m0/s1. The van der Waals surface area contributed by atoms with Crippen molar-refractivity contribution < 1.29 is 47.4 Å². The predicted octanol–water partition coefficient (Wildman–Crippen LogP) is 8.22. The highest BCUT2D eigenvalue weighted by atomic mass is 16.7. The number of methoxy groups -OCH3 is 1. The molecule has 10 rings (SSSR count). The SMILES string of the molecule is COc1ccc2cc3[n+](cc2c1OC(=O)c1ccc(N=Nc2ccc(COC(=O)N(C)CCN(C)C(=O)n4ccc5c(N(C)[C@@H]6CN(C(=O)CC#N)CC[C@@H]6C)ncnc54)cc2)cc1)CCc1cc2c(cc1-3)OCO2. The van der Waals surface area contributed by atoms with Gasteiger partial charge in [-0.15, -0.1) is 0 Å². The fourth-order valence-electron chi connectivity index (χ4n) is 9.67. The van der Waals surface area contributed by atoms with E-state index in [0.717, 1.165) is 58.5 Å². The molecule has 3 aromatic heterocycles. The maximum atomic E-state index is 13.7. The molecule has 3 aliphatic rings. The van der Waals surface area contributed by atoms with Gasteiger partial charge in [0.05, 0.1) is 52.5 Å². The van der Waals surface area contributed by atoms with Crippen molar-refractivity contribution in [2.75, 3.05) is 66.1 Å². The number of carbonyl (C=O) groups is 4. The number of fused-ring (bicyclic) bond motifs is 6. The highest BCUT2D eigenvalue weighted by molar-refractivity contribution is 5.98. The van der Waals surface area contributed by atoms with E-state index < -0.39 is 12.1 Å². The smallest absolute Gasteiger partial charge is 0.409 e. The van der Waals surface area contributed by atoms with E-state index in [1.54, 1.807) is 93.0 Å². The number of likely N-dealkylation sites (tertiary alicyclic amines) is 1. The second kappa shape index (κ2) is 21.2. The van der Waals surface area contributed by atoms with Crippen LogP contribution in [0.2, 0.25) is 0 Å². The maximum Gasteiger partial charge on any atom is 0.409 e. The van der Waals surface area contributed by atoms with Crippen LogP contribution in [0, 0.1) is 17.2 Å². The zero-order valence-corrected chi connectivity index (χ0v) is 42.1. The lowest BCUT2D eigenvalue weighted by Crippen LogP contribution is -2.52. The number of piperidine rings is 1. The minimum absolute atomic E-state index is 0.0142. The minimum atomic E-state index is -0.557. The van der Waals surface area contributed by atoms with E-state index in [1.807, 2.05) is 36.3 Å². The molecule has 0 saturated carbocycles. The molecule has 7 aromatic rings. The van der Waals surface area contributed by atoms with Gasteiger partial charge in [-0.1, -0.05) is 19.1 Å². The quantitative estimate of drug-likeness (QED) is 0.0462. The van der Waals surface area contributed by atoms with E-state index in [9.17, 15) is 19.2 Å². The monoisotopic (exact) mass is 1010 g/mol. The maximum absolute atomic E-state index is 13.7. The summed E-state index contributed by atoms with van der Waals surface area (Å²) in [6, 6.07) is 27.0. The fourth-order valence-corrected chi connectivity index (χ4v) is 9.67. The first-order chi connectivity index (χ1) is 36.4. The Bertz CT molecular complexity index is 3430. The van der Waals surface area contributed by atoms with Crippen LogP contribution in [-0.2, 0) is 29.1 Å². The molecule has 0 unspecified atom stereocenters. The molecule has 20 heteroatoms. The number of ether oxygens (including phenoxy) is 5. The lowest BCUT2D eigenvalue weighted by molar-refractivity contribution is -0.686. The average molecular weight is 1010 g/mol. The summed E-state index contributed by atoms with van der Waals surface area (Å²) in [5.41, 5.74) is 5.86. The Hall–Kier alpha value is -9.12. The number of hydrogen-bond acceptors (Lipinski definition) is 15. The van der Waals surface area contributed by atoms with Gasteiger partial charge in [-0.2, -0.15) is 20.1 Å². The van der Waals surface area contributed by atoms with E-state index in [2.05, 4.69) is 43.8 Å². The zero-order chi connectivity index (χ0) is 52.3. The predicted molar refractivity (Wildman–Crippen MR) is 275 cm³/mol. The summed E-state index contributed by atoms with van der Waals surface area (Å²) in [6.45, 7) is 4.57. The summed E-state index contributed by atoms with van der Waals surface area (Å²) in [4.78, 5) is 68.4. The highest BCUT2D eigenvalue weighted by Crippen LogP contribution is 2.42. The highest BCUT2D eigenvalue weighted by Gasteiger charge is 2.34. The Morgan fingerprint density at radius 3 is 2.37 bits per heavy atom. The van der Waals surface area contributed by atoms with Gasteiger partial charge in [0, 0.05) is 66.0 Å². The van der Waals surface area contributed by atoms with Crippen LogP contribution in [0.5, 0.6) is 23.0 Å². The number of rotatable bonds is 13. The van der Waals surface area contributed by atoms with Crippen molar-refractivity contribution in [2.24, 2.45) is 16.1 Å². The molecule has 0 bridgehead atoms. The number of carbonyl (C=O) groups excluding carboxylic acids is 4. The number of nitrogens with zero attached hydrogens (tertiary/aromatic N) is 11. The van der Waals surface area contributed by atoms with E-state index in [4.69, 9.17) is 28.9 Å². The third kappa shape index (κ3) is 10.2. The Kier molecular flexibility index (Phi) is 13.9. The number of pyridine rings is 1. The summed E-state index contributed by atoms with van der Waals surface area (Å²) < 4.78 is 32.1. The molecule has 1 saturated heterocycles. The normalized spacial score (nSPS) is 15.5. The fraction of sp³-hybridized carbons (Fsp3) is 0.309. The number of aryl methyl sites for hydroxylation is 2. The number of benzene rings is 4. The molecule has 3 amide bonds. The molecule has 3 aliphatic heterocycles. The van der Waals surface area contributed by atoms with Gasteiger partial charge in [0.1, 0.15) is 25.2 Å². The number of hydrogen-bond donors (Lipinski definition) is 0. The molecule has 0 N–H and O–H groups in total. The number of esters is 1. The Labute approximate surface area is 431 Å². The second-order valence-corrected chi connectivity index (χ2v) is 18.8. The lowest BCUT2D eigenvalue weighted by Gasteiger charge is -2.42. The summed E-state index contributed by atoms with van der Waals surface area (Å²) in [7, 11) is 6.71. The second-order valence-electron chi connectivity index (χ2n) is 18.8. The zero-order valence-electron chi connectivity index (χ0n) is 42.1. The Morgan fingerprint density at radius 2 is 1.63 bits per heavy atom. The van der Waals surface area contributed by atoms with Crippen molar-refractivity contribution in [3.05, 3.63) is 120 Å². The number of azo groups is 1. The van der Waals surface area contributed by atoms with Crippen LogP contribution in [0.15, 0.2) is 114 Å². The molecule has 2 atom stereocenters. The van der Waals surface area contributed by atoms with Crippen LogP contribution in [0.1, 0.15) is 41.3 Å². The van der Waals surface area contributed by atoms with Gasteiger partial charge in [-0.05, 0) is 95.6 Å². The first kappa shape index (κ1) is 49.5. The van der Waals surface area contributed by atoms with Crippen molar-refractivity contribution in [3.63, 3.8) is 0 Å². The number of aromatic nitrogens is 4. The summed E-state index contributed by atoms with van der Waals surface area (Å²) in [6.07, 6.45) is 5.95. The number of nitriles is 1. The van der Waals surface area contributed by atoms with E-state index in [1.165, 1.54) is 26.3 Å². The van der Waals surface area contributed by atoms with Gasteiger partial charge in [0.25, 0.3) is 0 Å². The molecule has 0 aliphatic carbocycles. The van der Waals surface area contributed by atoms with Crippen LogP contribution in [0.4, 0.5) is 26.8 Å². The van der Waals surface area contributed by atoms with Crippen molar-refractivity contribution in [3.8, 4) is 40.3 Å². The Morgan fingerprint density at radius 1 is 0.893 bits per heavy atom. The van der Waals surface area contributed by atoms with Crippen LogP contribution >= 0.6 is 0 Å². The van der Waals surface area contributed by atoms with Gasteiger partial charge in [0.2, 0.25) is 18.4 Å². The number of likely N-dealkylation sites (N-methyl/N-ethyl adjacent to an activating group) is 3. The third-order valence-corrected chi connectivity index (χ3v) is 14.1. The molecule has 6 heterocycles. The largest absolute Gasteiger partial charge is 0.493 e. The van der Waals surface area contributed by atoms with Crippen molar-refractivity contribution in [1.29, 1.82) is 5.26 Å². The summed E-state index contributed by atoms with van der Waals surface area (Å²) >= 11 is 0. The minimum Gasteiger partial charge on any atom is -0.493 e. The van der Waals surface area contributed by atoms with Crippen molar-refractivity contribution in [1.82, 2.24) is 29.2 Å². The average Bonchev–Trinajstić information content (AvgIpc) is 4.10. The first-order valence-corrected chi connectivity index (χ1v) is 24.5. The van der Waals surface area contributed by atoms with E-state index in [-0.39, 0.29) is 56.8 Å². The summed E-state index contributed by atoms with van der Waals surface area (Å²) in [5.74, 6) is 2.39. The molecule has 0 spiro atoms. The lowest BCUT2D eigenvalue weighted by atomic mass is 9.92. The molecular formula is C55H54N11O9+. The molecule has 4 aromatic carbocycles. The van der Waals surface area contributed by atoms with Crippen molar-refractivity contribution in [2.45, 2.75) is 45.4 Å². The van der Waals surface area contributed by atoms with Crippen LogP contribution < -0.4 is 28.4 Å². The van der Waals surface area contributed by atoms with Gasteiger partial charge < -0.3 is 43.3 Å².